The van der Waals surface area contributed by atoms with Crippen LogP contribution in [0.5, 0.6) is 0 Å². The van der Waals surface area contributed by atoms with Crippen LogP contribution in [0.15, 0.2) is 18.2 Å². The Hall–Kier alpha value is -1.62. The monoisotopic (exact) mass is 268 g/mol. The Bertz CT molecular complexity index is 410. The SMILES string of the molecule is CCCCOCCCNC(=O)c1ccc(F)c(N)c1. The van der Waals surface area contributed by atoms with Crippen LogP contribution in [0.25, 0.3) is 0 Å². The van der Waals surface area contributed by atoms with Crippen molar-refractivity contribution in [3.05, 3.63) is 29.6 Å². The number of rotatable bonds is 8. The van der Waals surface area contributed by atoms with Crippen molar-refractivity contribution in [1.82, 2.24) is 5.32 Å². The van der Waals surface area contributed by atoms with Gasteiger partial charge < -0.3 is 15.8 Å². The van der Waals surface area contributed by atoms with Gasteiger partial charge in [0.05, 0.1) is 5.69 Å². The fraction of sp³-hybridized carbons (Fsp3) is 0.500. The minimum atomic E-state index is -0.513. The smallest absolute Gasteiger partial charge is 0.251 e. The number of nitrogen functional groups attached to an aromatic ring is 1. The molecule has 0 aliphatic rings. The van der Waals surface area contributed by atoms with Crippen molar-refractivity contribution in [2.24, 2.45) is 0 Å². The van der Waals surface area contributed by atoms with E-state index in [4.69, 9.17) is 10.5 Å². The van der Waals surface area contributed by atoms with E-state index in [9.17, 15) is 9.18 Å². The number of benzene rings is 1. The average Bonchev–Trinajstić information content (AvgIpc) is 2.40. The van der Waals surface area contributed by atoms with Crippen LogP contribution in [0.1, 0.15) is 36.5 Å². The highest BCUT2D eigenvalue weighted by Gasteiger charge is 2.07. The molecule has 106 valence electrons. The number of unbranched alkanes of at least 4 members (excludes halogenated alkanes) is 1. The highest BCUT2D eigenvalue weighted by atomic mass is 19.1. The zero-order valence-electron chi connectivity index (χ0n) is 11.2. The van der Waals surface area contributed by atoms with E-state index in [1.165, 1.54) is 18.2 Å². The molecule has 1 aromatic carbocycles. The summed E-state index contributed by atoms with van der Waals surface area (Å²) in [5.74, 6) is -0.763. The first kappa shape index (κ1) is 15.4. The third-order valence-electron chi connectivity index (χ3n) is 2.65. The van der Waals surface area contributed by atoms with E-state index in [0.29, 0.717) is 18.7 Å². The first-order valence-corrected chi connectivity index (χ1v) is 6.56. The van der Waals surface area contributed by atoms with Gasteiger partial charge in [-0.05, 0) is 31.0 Å². The van der Waals surface area contributed by atoms with E-state index >= 15 is 0 Å². The van der Waals surface area contributed by atoms with Crippen LogP contribution in [0.4, 0.5) is 10.1 Å². The molecular formula is C14H21FN2O2. The molecule has 0 spiro atoms. The van der Waals surface area contributed by atoms with Gasteiger partial charge in [0.15, 0.2) is 0 Å². The first-order valence-electron chi connectivity index (χ1n) is 6.56. The molecule has 4 nitrogen and oxygen atoms in total. The summed E-state index contributed by atoms with van der Waals surface area (Å²) in [6.45, 7) is 4.03. The molecule has 0 atom stereocenters. The third kappa shape index (κ3) is 5.70. The van der Waals surface area contributed by atoms with Gasteiger partial charge >= 0.3 is 0 Å². The van der Waals surface area contributed by atoms with Gasteiger partial charge in [-0.25, -0.2) is 4.39 Å². The molecule has 1 amide bonds. The van der Waals surface area contributed by atoms with Gasteiger partial charge in [0.25, 0.3) is 5.91 Å². The summed E-state index contributed by atoms with van der Waals surface area (Å²) in [6, 6.07) is 3.94. The number of amides is 1. The molecule has 3 N–H and O–H groups in total. The minimum Gasteiger partial charge on any atom is -0.396 e. The average molecular weight is 268 g/mol. The summed E-state index contributed by atoms with van der Waals surface area (Å²) in [6.07, 6.45) is 2.93. The van der Waals surface area contributed by atoms with Gasteiger partial charge in [-0.3, -0.25) is 4.79 Å². The van der Waals surface area contributed by atoms with Crippen LogP contribution in [-0.2, 0) is 4.74 Å². The molecule has 5 heteroatoms. The van der Waals surface area contributed by atoms with Crippen LogP contribution in [0.3, 0.4) is 0 Å². The second-order valence-electron chi connectivity index (χ2n) is 4.31. The molecule has 0 fully saturated rings. The predicted molar refractivity (Wildman–Crippen MR) is 73.5 cm³/mol. The number of carbonyl (C=O) groups is 1. The van der Waals surface area contributed by atoms with Crippen LogP contribution in [-0.4, -0.2) is 25.7 Å². The van der Waals surface area contributed by atoms with Crippen LogP contribution < -0.4 is 11.1 Å². The Morgan fingerprint density at radius 3 is 2.79 bits per heavy atom. The maximum atomic E-state index is 12.9. The Labute approximate surface area is 113 Å². The van der Waals surface area contributed by atoms with E-state index < -0.39 is 5.82 Å². The molecule has 1 aromatic rings. The van der Waals surface area contributed by atoms with E-state index in [1.54, 1.807) is 0 Å². The lowest BCUT2D eigenvalue weighted by molar-refractivity contribution is 0.0940. The van der Waals surface area contributed by atoms with E-state index in [2.05, 4.69) is 12.2 Å². The third-order valence-corrected chi connectivity index (χ3v) is 2.65. The highest BCUT2D eigenvalue weighted by Crippen LogP contribution is 2.11. The quantitative estimate of drug-likeness (QED) is 0.562. The maximum Gasteiger partial charge on any atom is 0.251 e. The normalized spacial score (nSPS) is 10.4. The number of anilines is 1. The second-order valence-corrected chi connectivity index (χ2v) is 4.31. The van der Waals surface area contributed by atoms with Crippen molar-refractivity contribution in [3.8, 4) is 0 Å². The largest absolute Gasteiger partial charge is 0.396 e. The summed E-state index contributed by atoms with van der Waals surface area (Å²) in [4.78, 5) is 11.7. The molecule has 0 heterocycles. The molecule has 19 heavy (non-hydrogen) atoms. The van der Waals surface area contributed by atoms with Crippen LogP contribution in [0.2, 0.25) is 0 Å². The molecule has 0 unspecified atom stereocenters. The zero-order valence-corrected chi connectivity index (χ0v) is 11.2. The van der Waals surface area contributed by atoms with Gasteiger partial charge in [0, 0.05) is 25.3 Å². The lowest BCUT2D eigenvalue weighted by Crippen LogP contribution is -2.25. The van der Waals surface area contributed by atoms with Gasteiger partial charge in [-0.1, -0.05) is 13.3 Å². The van der Waals surface area contributed by atoms with Gasteiger partial charge in [0.1, 0.15) is 5.82 Å². The summed E-state index contributed by atoms with van der Waals surface area (Å²) < 4.78 is 18.3. The van der Waals surface area contributed by atoms with Crippen molar-refractivity contribution in [3.63, 3.8) is 0 Å². The van der Waals surface area contributed by atoms with Crippen LogP contribution >= 0.6 is 0 Å². The first-order chi connectivity index (χ1) is 9.15. The standard InChI is InChI=1S/C14H21FN2O2/c1-2-3-8-19-9-4-7-17-14(18)11-5-6-12(15)13(16)10-11/h5-6,10H,2-4,7-9,16H2,1H3,(H,17,18). The number of ether oxygens (including phenoxy) is 1. The number of halogens is 1. The Kier molecular flexibility index (Phi) is 6.89. The molecule has 0 aliphatic carbocycles. The molecule has 0 aromatic heterocycles. The molecule has 0 bridgehead atoms. The molecular weight excluding hydrogens is 247 g/mol. The summed E-state index contributed by atoms with van der Waals surface area (Å²) in [5, 5.41) is 2.74. The number of hydrogen-bond acceptors (Lipinski definition) is 3. The highest BCUT2D eigenvalue weighted by molar-refractivity contribution is 5.94. The Morgan fingerprint density at radius 1 is 1.37 bits per heavy atom. The van der Waals surface area contributed by atoms with Crippen molar-refractivity contribution in [2.45, 2.75) is 26.2 Å². The predicted octanol–water partition coefficient (Wildman–Crippen LogP) is 2.34. The zero-order chi connectivity index (χ0) is 14.1. The lowest BCUT2D eigenvalue weighted by Gasteiger charge is -2.07. The fourth-order valence-corrected chi connectivity index (χ4v) is 1.51. The Morgan fingerprint density at radius 2 is 2.11 bits per heavy atom. The number of nitrogens with one attached hydrogen (secondary N) is 1. The second kappa shape index (κ2) is 8.48. The van der Waals surface area contributed by atoms with E-state index in [1.807, 2.05) is 0 Å². The minimum absolute atomic E-state index is 0.0180. The summed E-state index contributed by atoms with van der Waals surface area (Å²) >= 11 is 0. The summed E-state index contributed by atoms with van der Waals surface area (Å²) in [5.41, 5.74) is 5.75. The molecule has 0 radical (unpaired) electrons. The number of nitrogens with two attached hydrogens (primary N) is 1. The Balaban J connectivity index is 2.22. The van der Waals surface area contributed by atoms with E-state index in [0.717, 1.165) is 25.9 Å². The van der Waals surface area contributed by atoms with Crippen molar-refractivity contribution < 1.29 is 13.9 Å². The lowest BCUT2D eigenvalue weighted by atomic mass is 10.2. The van der Waals surface area contributed by atoms with Gasteiger partial charge in [0.2, 0.25) is 0 Å². The molecule has 0 saturated heterocycles. The topological polar surface area (TPSA) is 64.3 Å². The van der Waals surface area contributed by atoms with E-state index in [-0.39, 0.29) is 11.6 Å². The fourth-order valence-electron chi connectivity index (χ4n) is 1.51. The van der Waals surface area contributed by atoms with Crippen molar-refractivity contribution in [2.75, 3.05) is 25.5 Å². The number of carbonyl (C=O) groups excluding carboxylic acids is 1. The maximum absolute atomic E-state index is 12.9. The van der Waals surface area contributed by atoms with Crippen LogP contribution in [0, 0.1) is 5.82 Å². The van der Waals surface area contributed by atoms with Crippen molar-refractivity contribution >= 4 is 11.6 Å². The molecule has 1 rings (SSSR count). The summed E-state index contributed by atoms with van der Waals surface area (Å²) in [7, 11) is 0. The van der Waals surface area contributed by atoms with Crippen molar-refractivity contribution in [1.29, 1.82) is 0 Å². The molecule has 0 aliphatic heterocycles. The number of hydrogen-bond donors (Lipinski definition) is 2. The molecule has 0 saturated carbocycles. The van der Waals surface area contributed by atoms with Gasteiger partial charge in [-0.15, -0.1) is 0 Å². The van der Waals surface area contributed by atoms with Gasteiger partial charge in [-0.2, -0.15) is 0 Å².